The molecule has 0 amide bonds. The zero-order valence-corrected chi connectivity index (χ0v) is 13.6. The Morgan fingerprint density at radius 2 is 1.75 bits per heavy atom. The van der Waals surface area contributed by atoms with Gasteiger partial charge in [-0.2, -0.15) is 0 Å². The number of nitrogens with zero attached hydrogens (tertiary/aromatic N) is 1. The molecule has 1 heterocycles. The van der Waals surface area contributed by atoms with Crippen LogP contribution in [0.15, 0.2) is 0 Å². The molecule has 2 rings (SSSR count). The molecule has 0 radical (unpaired) electrons. The molecule has 118 valence electrons. The van der Waals surface area contributed by atoms with Gasteiger partial charge in [0.1, 0.15) is 0 Å². The van der Waals surface area contributed by atoms with Crippen LogP contribution < -0.4 is 5.32 Å². The fraction of sp³-hybridized carbons (Fsp3) is 1.00. The van der Waals surface area contributed by atoms with Gasteiger partial charge in [-0.3, -0.25) is 0 Å². The minimum Gasteiger partial charge on any atom is -0.380 e. The molecule has 0 bridgehead atoms. The average molecular weight is 282 g/mol. The highest BCUT2D eigenvalue weighted by atomic mass is 16.5. The van der Waals surface area contributed by atoms with Gasteiger partial charge in [-0.05, 0) is 24.7 Å². The summed E-state index contributed by atoms with van der Waals surface area (Å²) in [6, 6.07) is 0.600. The Balaban J connectivity index is 1.96. The van der Waals surface area contributed by atoms with Gasteiger partial charge in [-0.15, -0.1) is 0 Å². The zero-order valence-electron chi connectivity index (χ0n) is 13.6. The van der Waals surface area contributed by atoms with Gasteiger partial charge in [0.2, 0.25) is 0 Å². The summed E-state index contributed by atoms with van der Waals surface area (Å²) in [5.74, 6) is 0. The van der Waals surface area contributed by atoms with E-state index in [0.717, 1.165) is 19.8 Å². The van der Waals surface area contributed by atoms with Gasteiger partial charge < -0.3 is 15.0 Å². The predicted octanol–water partition coefficient (Wildman–Crippen LogP) is 3.05. The largest absolute Gasteiger partial charge is 0.380 e. The van der Waals surface area contributed by atoms with Crippen molar-refractivity contribution in [3.63, 3.8) is 0 Å². The normalized spacial score (nSPS) is 25.4. The molecule has 20 heavy (non-hydrogen) atoms. The molecule has 0 atom stereocenters. The van der Waals surface area contributed by atoms with Gasteiger partial charge in [-0.25, -0.2) is 0 Å². The quantitative estimate of drug-likeness (QED) is 0.784. The lowest BCUT2D eigenvalue weighted by Gasteiger charge is -2.38. The van der Waals surface area contributed by atoms with Crippen LogP contribution in [0.4, 0.5) is 0 Å². The smallest absolute Gasteiger partial charge is 0.0593 e. The highest BCUT2D eigenvalue weighted by Gasteiger charge is 2.33. The molecule has 0 unspecified atom stereocenters. The van der Waals surface area contributed by atoms with Crippen LogP contribution in [0.5, 0.6) is 0 Å². The van der Waals surface area contributed by atoms with Crippen LogP contribution in [0.3, 0.4) is 0 Å². The first-order valence-electron chi connectivity index (χ1n) is 8.74. The van der Waals surface area contributed by atoms with Crippen molar-refractivity contribution < 1.29 is 4.74 Å². The second-order valence-electron chi connectivity index (χ2n) is 7.19. The summed E-state index contributed by atoms with van der Waals surface area (Å²) in [6.07, 6.45) is 9.73. The Hall–Kier alpha value is -0.120. The second-order valence-corrected chi connectivity index (χ2v) is 7.19. The summed E-state index contributed by atoms with van der Waals surface area (Å²) >= 11 is 0. The molecule has 1 aliphatic heterocycles. The van der Waals surface area contributed by atoms with Crippen molar-refractivity contribution in [3.05, 3.63) is 0 Å². The standard InChI is InChI=1S/C17H34N2O/c1-16(2)18-14-17(8-5-3-4-6-9-17)15-19-10-7-12-20-13-11-19/h16,18H,3-15H2,1-2H3. The first-order valence-corrected chi connectivity index (χ1v) is 8.74. The van der Waals surface area contributed by atoms with Crippen molar-refractivity contribution in [2.75, 3.05) is 39.4 Å². The minimum atomic E-state index is 0.505. The van der Waals surface area contributed by atoms with Crippen LogP contribution in [0.1, 0.15) is 58.8 Å². The molecule has 1 saturated carbocycles. The molecular formula is C17H34N2O. The lowest BCUT2D eigenvalue weighted by Crippen LogP contribution is -2.46. The molecule has 3 nitrogen and oxygen atoms in total. The Kier molecular flexibility index (Phi) is 6.79. The SMILES string of the molecule is CC(C)NCC1(CN2CCCOCC2)CCCCCC1. The number of nitrogens with one attached hydrogen (secondary N) is 1. The van der Waals surface area contributed by atoms with Gasteiger partial charge in [-0.1, -0.05) is 39.5 Å². The van der Waals surface area contributed by atoms with Crippen molar-refractivity contribution in [2.24, 2.45) is 5.41 Å². The molecule has 3 heteroatoms. The third-order valence-corrected chi connectivity index (χ3v) is 4.92. The van der Waals surface area contributed by atoms with E-state index in [1.807, 2.05) is 0 Å². The van der Waals surface area contributed by atoms with Crippen LogP contribution in [0.25, 0.3) is 0 Å². The minimum absolute atomic E-state index is 0.505. The summed E-state index contributed by atoms with van der Waals surface area (Å²) in [4.78, 5) is 2.67. The number of hydrogen-bond donors (Lipinski definition) is 1. The summed E-state index contributed by atoms with van der Waals surface area (Å²) < 4.78 is 5.61. The Labute approximate surface area is 125 Å². The monoisotopic (exact) mass is 282 g/mol. The number of ether oxygens (including phenoxy) is 1. The Morgan fingerprint density at radius 3 is 2.45 bits per heavy atom. The van der Waals surface area contributed by atoms with Crippen molar-refractivity contribution in [3.8, 4) is 0 Å². The molecule has 0 spiro atoms. The van der Waals surface area contributed by atoms with E-state index in [4.69, 9.17) is 4.74 Å². The predicted molar refractivity (Wildman–Crippen MR) is 85.1 cm³/mol. The van der Waals surface area contributed by atoms with Crippen LogP contribution in [0, 0.1) is 5.41 Å². The number of rotatable bonds is 5. The Morgan fingerprint density at radius 1 is 1.00 bits per heavy atom. The summed E-state index contributed by atoms with van der Waals surface area (Å²) in [6.45, 7) is 11.2. The molecule has 1 aliphatic carbocycles. The van der Waals surface area contributed by atoms with Crippen LogP contribution in [0.2, 0.25) is 0 Å². The first-order chi connectivity index (χ1) is 9.70. The van der Waals surface area contributed by atoms with E-state index in [1.54, 1.807) is 0 Å². The van der Waals surface area contributed by atoms with Crippen LogP contribution in [-0.4, -0.2) is 50.3 Å². The van der Waals surface area contributed by atoms with E-state index in [-0.39, 0.29) is 0 Å². The highest BCUT2D eigenvalue weighted by Crippen LogP contribution is 2.35. The molecule has 2 fully saturated rings. The van der Waals surface area contributed by atoms with Gasteiger partial charge in [0.05, 0.1) is 6.61 Å². The lowest BCUT2D eigenvalue weighted by molar-refractivity contribution is 0.109. The third kappa shape index (κ3) is 5.34. The maximum Gasteiger partial charge on any atom is 0.0593 e. The van der Waals surface area contributed by atoms with E-state index in [1.165, 1.54) is 64.6 Å². The molecule has 0 aromatic carbocycles. The first kappa shape index (κ1) is 16.3. The molecular weight excluding hydrogens is 248 g/mol. The lowest BCUT2D eigenvalue weighted by atomic mass is 9.79. The fourth-order valence-corrected chi connectivity index (χ4v) is 3.72. The molecule has 0 aromatic rings. The maximum absolute atomic E-state index is 5.61. The van der Waals surface area contributed by atoms with Crippen molar-refractivity contribution in [2.45, 2.75) is 64.8 Å². The molecule has 1 N–H and O–H groups in total. The molecule has 0 aromatic heterocycles. The summed E-state index contributed by atoms with van der Waals surface area (Å²) in [7, 11) is 0. The van der Waals surface area contributed by atoms with Gasteiger partial charge in [0, 0.05) is 38.8 Å². The van der Waals surface area contributed by atoms with E-state index < -0.39 is 0 Å². The van der Waals surface area contributed by atoms with E-state index in [0.29, 0.717) is 11.5 Å². The van der Waals surface area contributed by atoms with Gasteiger partial charge in [0.15, 0.2) is 0 Å². The molecule has 1 saturated heterocycles. The second kappa shape index (κ2) is 8.35. The van der Waals surface area contributed by atoms with Crippen LogP contribution >= 0.6 is 0 Å². The van der Waals surface area contributed by atoms with Gasteiger partial charge >= 0.3 is 0 Å². The third-order valence-electron chi connectivity index (χ3n) is 4.92. The highest BCUT2D eigenvalue weighted by molar-refractivity contribution is 4.87. The van der Waals surface area contributed by atoms with Crippen LogP contribution in [-0.2, 0) is 4.74 Å². The van der Waals surface area contributed by atoms with E-state index in [9.17, 15) is 0 Å². The maximum atomic E-state index is 5.61. The van der Waals surface area contributed by atoms with Crippen molar-refractivity contribution in [1.29, 1.82) is 0 Å². The fourth-order valence-electron chi connectivity index (χ4n) is 3.72. The summed E-state index contributed by atoms with van der Waals surface area (Å²) in [5, 5.41) is 3.73. The average Bonchev–Trinajstić information content (AvgIpc) is 2.80. The Bertz CT molecular complexity index is 252. The molecule has 2 aliphatic rings. The number of hydrogen-bond acceptors (Lipinski definition) is 3. The summed E-state index contributed by atoms with van der Waals surface area (Å²) in [5.41, 5.74) is 0.505. The topological polar surface area (TPSA) is 24.5 Å². The van der Waals surface area contributed by atoms with Crippen molar-refractivity contribution in [1.82, 2.24) is 10.2 Å². The van der Waals surface area contributed by atoms with E-state index >= 15 is 0 Å². The van der Waals surface area contributed by atoms with E-state index in [2.05, 4.69) is 24.1 Å². The van der Waals surface area contributed by atoms with Crippen molar-refractivity contribution >= 4 is 0 Å². The van der Waals surface area contributed by atoms with Gasteiger partial charge in [0.25, 0.3) is 0 Å². The zero-order chi connectivity index (χ0) is 14.3.